The summed E-state index contributed by atoms with van der Waals surface area (Å²) in [7, 11) is 0. The number of benzene rings is 1. The van der Waals surface area contributed by atoms with Crippen molar-refractivity contribution in [2.24, 2.45) is 0 Å². The highest BCUT2D eigenvalue weighted by Crippen LogP contribution is 2.34. The van der Waals surface area contributed by atoms with Gasteiger partial charge in [-0.15, -0.1) is 0 Å². The van der Waals surface area contributed by atoms with E-state index in [1.807, 2.05) is 0 Å². The molecule has 1 saturated heterocycles. The smallest absolute Gasteiger partial charge is 0.325 e. The maximum absolute atomic E-state index is 12.6. The van der Waals surface area contributed by atoms with Crippen LogP contribution in [0.1, 0.15) is 31.2 Å². The third kappa shape index (κ3) is 3.18. The van der Waals surface area contributed by atoms with E-state index >= 15 is 0 Å². The van der Waals surface area contributed by atoms with Gasteiger partial charge in [0.2, 0.25) is 11.8 Å². The van der Waals surface area contributed by atoms with Crippen molar-refractivity contribution in [3.8, 4) is 0 Å². The van der Waals surface area contributed by atoms with Gasteiger partial charge in [-0.3, -0.25) is 14.4 Å². The maximum atomic E-state index is 12.6. The van der Waals surface area contributed by atoms with Crippen molar-refractivity contribution < 1.29 is 27.6 Å². The molecule has 2 heterocycles. The van der Waals surface area contributed by atoms with E-state index in [1.165, 1.54) is 0 Å². The number of nitrogens with one attached hydrogen (secondary N) is 2. The van der Waals surface area contributed by atoms with Crippen LogP contribution < -0.4 is 10.6 Å². The minimum absolute atomic E-state index is 0.101. The van der Waals surface area contributed by atoms with Crippen LogP contribution in [0.15, 0.2) is 18.2 Å². The van der Waals surface area contributed by atoms with Crippen molar-refractivity contribution in [2.75, 3.05) is 17.2 Å². The molecule has 3 amide bonds. The van der Waals surface area contributed by atoms with Gasteiger partial charge in [-0.2, -0.15) is 13.2 Å². The molecule has 9 heteroatoms. The van der Waals surface area contributed by atoms with Crippen LogP contribution in [0.4, 0.5) is 24.5 Å². The number of anilines is 2. The van der Waals surface area contributed by atoms with E-state index in [1.54, 1.807) is 25.1 Å². The fraction of sp³-hybridized carbons (Fsp3) is 0.438. The van der Waals surface area contributed by atoms with Gasteiger partial charge in [0.25, 0.3) is 0 Å². The van der Waals surface area contributed by atoms with Gasteiger partial charge >= 0.3 is 12.1 Å². The third-order valence-corrected chi connectivity index (χ3v) is 4.50. The Bertz CT molecular complexity index is 748. The first kappa shape index (κ1) is 17.2. The van der Waals surface area contributed by atoms with Crippen LogP contribution in [0.2, 0.25) is 0 Å². The molecule has 2 atom stereocenters. The second-order valence-electron chi connectivity index (χ2n) is 6.16. The summed E-state index contributed by atoms with van der Waals surface area (Å²) >= 11 is 0. The average molecular weight is 355 g/mol. The summed E-state index contributed by atoms with van der Waals surface area (Å²) in [6.45, 7) is 1.61. The van der Waals surface area contributed by atoms with Crippen molar-refractivity contribution >= 4 is 29.1 Å². The number of carbonyl (C=O) groups excluding carboxylic acids is 3. The minimum Gasteiger partial charge on any atom is -0.325 e. The molecule has 25 heavy (non-hydrogen) atoms. The Morgan fingerprint density at radius 3 is 2.72 bits per heavy atom. The first-order chi connectivity index (χ1) is 11.7. The molecule has 3 rings (SSSR count). The Hall–Kier alpha value is -2.58. The van der Waals surface area contributed by atoms with Gasteiger partial charge in [0.1, 0.15) is 6.04 Å². The van der Waals surface area contributed by atoms with Gasteiger partial charge < -0.3 is 15.5 Å². The molecule has 0 bridgehead atoms. The Balaban J connectivity index is 1.74. The summed E-state index contributed by atoms with van der Waals surface area (Å²) < 4.78 is 37.9. The Labute approximate surface area is 141 Å². The van der Waals surface area contributed by atoms with E-state index < -0.39 is 24.0 Å². The van der Waals surface area contributed by atoms with Crippen LogP contribution in [0.25, 0.3) is 0 Å². The molecule has 0 aliphatic carbocycles. The van der Waals surface area contributed by atoms with E-state index in [4.69, 9.17) is 0 Å². The summed E-state index contributed by atoms with van der Waals surface area (Å²) in [5, 5.41) is 5.24. The summed E-state index contributed by atoms with van der Waals surface area (Å²) in [6, 6.07) is 3.64. The number of hydrogen-bond acceptors (Lipinski definition) is 3. The van der Waals surface area contributed by atoms with E-state index in [2.05, 4.69) is 10.6 Å². The first-order valence-electron chi connectivity index (χ1n) is 7.82. The second kappa shape index (κ2) is 6.05. The van der Waals surface area contributed by atoms with Gasteiger partial charge in [-0.1, -0.05) is 0 Å². The quantitative estimate of drug-likeness (QED) is 0.854. The molecule has 134 valence electrons. The van der Waals surface area contributed by atoms with Crippen LogP contribution in [0.5, 0.6) is 0 Å². The van der Waals surface area contributed by atoms with Crippen molar-refractivity contribution in [2.45, 2.75) is 37.9 Å². The summed E-state index contributed by atoms with van der Waals surface area (Å²) in [6.07, 6.45) is -4.49. The number of nitrogens with zero attached hydrogens (tertiary/aromatic N) is 1. The van der Waals surface area contributed by atoms with Crippen LogP contribution in [0.3, 0.4) is 0 Å². The van der Waals surface area contributed by atoms with Crippen molar-refractivity contribution in [3.05, 3.63) is 23.8 Å². The van der Waals surface area contributed by atoms with Gasteiger partial charge in [-0.25, -0.2) is 0 Å². The zero-order valence-electron chi connectivity index (χ0n) is 13.3. The molecule has 2 aliphatic heterocycles. The molecule has 0 aromatic heterocycles. The fourth-order valence-electron chi connectivity index (χ4n) is 3.17. The number of alkyl halides is 3. The highest BCUT2D eigenvalue weighted by molar-refractivity contribution is 6.04. The van der Waals surface area contributed by atoms with Crippen LogP contribution in [-0.4, -0.2) is 41.4 Å². The number of fused-ring (bicyclic) bond motifs is 1. The number of likely N-dealkylation sites (tertiary alicyclic amines) is 1. The van der Waals surface area contributed by atoms with Crippen LogP contribution in [-0.2, 0) is 14.4 Å². The number of halogens is 3. The Morgan fingerprint density at radius 2 is 2.04 bits per heavy atom. The summed E-state index contributed by atoms with van der Waals surface area (Å²) in [4.78, 5) is 36.0. The summed E-state index contributed by atoms with van der Waals surface area (Å²) in [5.41, 5.74) is 1.72. The highest BCUT2D eigenvalue weighted by Gasteiger charge is 2.47. The lowest BCUT2D eigenvalue weighted by molar-refractivity contribution is -0.186. The molecule has 1 fully saturated rings. The van der Waals surface area contributed by atoms with Crippen molar-refractivity contribution in [1.29, 1.82) is 0 Å². The fourth-order valence-corrected chi connectivity index (χ4v) is 3.17. The first-order valence-corrected chi connectivity index (χ1v) is 7.82. The predicted octanol–water partition coefficient (Wildman–Crippen LogP) is 2.23. The zero-order chi connectivity index (χ0) is 18.4. The van der Waals surface area contributed by atoms with E-state index in [0.717, 1.165) is 0 Å². The molecular weight excluding hydrogens is 339 g/mol. The topological polar surface area (TPSA) is 78.5 Å². The van der Waals surface area contributed by atoms with E-state index in [9.17, 15) is 27.6 Å². The third-order valence-electron chi connectivity index (χ3n) is 4.50. The number of rotatable bonds is 2. The standard InChI is InChI=1S/C16H16F3N3O3/c1-8-10-7-9(4-5-11(10)21-13(8)23)20-14(24)12-3-2-6-22(12)15(25)16(17,18)19/h4-5,7-8,12H,2-3,6H2,1H3,(H,20,24)(H,21,23). The molecule has 2 unspecified atom stereocenters. The molecular formula is C16H16F3N3O3. The van der Waals surface area contributed by atoms with Crippen LogP contribution >= 0.6 is 0 Å². The molecule has 2 N–H and O–H groups in total. The molecule has 0 saturated carbocycles. The lowest BCUT2D eigenvalue weighted by Gasteiger charge is -2.24. The Morgan fingerprint density at radius 1 is 1.32 bits per heavy atom. The number of hydrogen-bond donors (Lipinski definition) is 2. The maximum Gasteiger partial charge on any atom is 0.471 e. The summed E-state index contributed by atoms with van der Waals surface area (Å²) in [5.74, 6) is -3.19. The van der Waals surface area contributed by atoms with Gasteiger partial charge in [0.05, 0.1) is 5.92 Å². The van der Waals surface area contributed by atoms with E-state index in [0.29, 0.717) is 28.3 Å². The molecule has 1 aromatic rings. The molecule has 2 aliphatic rings. The monoisotopic (exact) mass is 355 g/mol. The Kier molecular flexibility index (Phi) is 4.18. The molecule has 0 radical (unpaired) electrons. The number of carbonyl (C=O) groups is 3. The largest absolute Gasteiger partial charge is 0.471 e. The second-order valence-corrected chi connectivity index (χ2v) is 6.16. The molecule has 0 spiro atoms. The minimum atomic E-state index is -5.00. The van der Waals surface area contributed by atoms with Gasteiger partial charge in [-0.05, 0) is 43.5 Å². The van der Waals surface area contributed by atoms with Gasteiger partial charge in [0.15, 0.2) is 0 Å². The predicted molar refractivity (Wildman–Crippen MR) is 82.9 cm³/mol. The van der Waals surface area contributed by atoms with Gasteiger partial charge in [0, 0.05) is 17.9 Å². The molecule has 1 aromatic carbocycles. The van der Waals surface area contributed by atoms with Crippen molar-refractivity contribution in [1.82, 2.24) is 4.90 Å². The molecule has 6 nitrogen and oxygen atoms in total. The normalized spacial score (nSPS) is 22.6. The SMILES string of the molecule is CC1C(=O)Nc2ccc(NC(=O)C3CCCN3C(=O)C(F)(F)F)cc21. The van der Waals surface area contributed by atoms with E-state index in [-0.39, 0.29) is 24.8 Å². The van der Waals surface area contributed by atoms with Crippen LogP contribution in [0, 0.1) is 0 Å². The average Bonchev–Trinajstić information content (AvgIpc) is 3.12. The number of amides is 3. The zero-order valence-corrected chi connectivity index (χ0v) is 13.3. The lowest BCUT2D eigenvalue weighted by atomic mass is 10.0. The highest BCUT2D eigenvalue weighted by atomic mass is 19.4. The van der Waals surface area contributed by atoms with Crippen molar-refractivity contribution in [3.63, 3.8) is 0 Å². The lowest BCUT2D eigenvalue weighted by Crippen LogP contribution is -2.48.